The molecule has 0 amide bonds. The summed E-state index contributed by atoms with van der Waals surface area (Å²) < 4.78 is 0. The summed E-state index contributed by atoms with van der Waals surface area (Å²) in [4.78, 5) is 0. The number of oxime groups is 1. The van der Waals surface area contributed by atoms with Crippen LogP contribution >= 0.6 is 0 Å². The second-order valence-electron chi connectivity index (χ2n) is 3.49. The van der Waals surface area contributed by atoms with E-state index in [1.54, 1.807) is 0 Å². The van der Waals surface area contributed by atoms with Crippen molar-refractivity contribution in [2.75, 3.05) is 0 Å². The van der Waals surface area contributed by atoms with Gasteiger partial charge in [0.25, 0.3) is 0 Å². The van der Waals surface area contributed by atoms with Gasteiger partial charge >= 0.3 is 0 Å². The topological polar surface area (TPSA) is 32.6 Å². The molecule has 0 heterocycles. The van der Waals surface area contributed by atoms with E-state index in [9.17, 15) is 0 Å². The van der Waals surface area contributed by atoms with E-state index < -0.39 is 0 Å². The lowest BCUT2D eigenvalue weighted by Gasteiger charge is -1.98. The van der Waals surface area contributed by atoms with Crippen LogP contribution in [0, 0.1) is 11.3 Å². The van der Waals surface area contributed by atoms with Gasteiger partial charge in [-0.05, 0) is 18.8 Å². The Morgan fingerprint density at radius 1 is 1.67 bits per heavy atom. The SMILES string of the molecule is CC(=NO)C1CC1(C)C. The summed E-state index contributed by atoms with van der Waals surface area (Å²) in [6.45, 7) is 6.25. The molecule has 0 aliphatic heterocycles. The molecule has 1 rings (SSSR count). The molecule has 0 radical (unpaired) electrons. The summed E-state index contributed by atoms with van der Waals surface area (Å²) in [5, 5.41) is 11.5. The van der Waals surface area contributed by atoms with Crippen LogP contribution < -0.4 is 0 Å². The first kappa shape index (κ1) is 6.59. The van der Waals surface area contributed by atoms with Crippen LogP contribution in [-0.2, 0) is 0 Å². The minimum atomic E-state index is 0.399. The molecule has 0 saturated heterocycles. The van der Waals surface area contributed by atoms with E-state index in [4.69, 9.17) is 5.21 Å². The highest BCUT2D eigenvalue weighted by Crippen LogP contribution is 2.52. The van der Waals surface area contributed by atoms with Crippen molar-refractivity contribution in [1.29, 1.82) is 0 Å². The largest absolute Gasteiger partial charge is 0.411 e. The molecule has 52 valence electrons. The van der Waals surface area contributed by atoms with Gasteiger partial charge in [0.05, 0.1) is 5.71 Å². The van der Waals surface area contributed by atoms with E-state index in [2.05, 4.69) is 19.0 Å². The standard InChI is InChI=1S/C7H13NO/c1-5(8-9)6-4-7(6,2)3/h6,9H,4H2,1-3H3. The predicted octanol–water partition coefficient (Wildman–Crippen LogP) is 1.88. The first-order valence-corrected chi connectivity index (χ1v) is 3.26. The van der Waals surface area contributed by atoms with Crippen molar-refractivity contribution in [2.24, 2.45) is 16.5 Å². The van der Waals surface area contributed by atoms with E-state index >= 15 is 0 Å². The zero-order valence-electron chi connectivity index (χ0n) is 6.18. The van der Waals surface area contributed by atoms with E-state index in [0.29, 0.717) is 11.3 Å². The van der Waals surface area contributed by atoms with Gasteiger partial charge in [0.2, 0.25) is 0 Å². The van der Waals surface area contributed by atoms with Crippen molar-refractivity contribution in [3.8, 4) is 0 Å². The zero-order valence-corrected chi connectivity index (χ0v) is 6.18. The fraction of sp³-hybridized carbons (Fsp3) is 0.857. The Balaban J connectivity index is 2.52. The van der Waals surface area contributed by atoms with Crippen molar-refractivity contribution in [2.45, 2.75) is 27.2 Å². The Morgan fingerprint density at radius 3 is 2.22 bits per heavy atom. The molecule has 1 N–H and O–H groups in total. The van der Waals surface area contributed by atoms with Crippen molar-refractivity contribution >= 4 is 5.71 Å². The molecule has 1 aliphatic rings. The second-order valence-corrected chi connectivity index (χ2v) is 3.49. The van der Waals surface area contributed by atoms with Crippen molar-refractivity contribution in [3.05, 3.63) is 0 Å². The molecule has 9 heavy (non-hydrogen) atoms. The lowest BCUT2D eigenvalue weighted by molar-refractivity contribution is 0.316. The summed E-state index contributed by atoms with van der Waals surface area (Å²) in [5.74, 6) is 0.530. The van der Waals surface area contributed by atoms with Crippen molar-refractivity contribution in [1.82, 2.24) is 0 Å². The Morgan fingerprint density at radius 2 is 2.11 bits per heavy atom. The number of rotatable bonds is 1. The molecular formula is C7H13NO. The minimum absolute atomic E-state index is 0.399. The Bertz CT molecular complexity index is 149. The molecule has 1 atom stereocenters. The second kappa shape index (κ2) is 1.72. The number of nitrogens with zero attached hydrogens (tertiary/aromatic N) is 1. The number of hydrogen-bond acceptors (Lipinski definition) is 2. The zero-order chi connectivity index (χ0) is 7.07. The van der Waals surface area contributed by atoms with Gasteiger partial charge in [-0.25, -0.2) is 0 Å². The van der Waals surface area contributed by atoms with Crippen molar-refractivity contribution in [3.63, 3.8) is 0 Å². The van der Waals surface area contributed by atoms with E-state index in [0.717, 1.165) is 5.71 Å². The van der Waals surface area contributed by atoms with Gasteiger partial charge in [-0.15, -0.1) is 0 Å². The maximum absolute atomic E-state index is 8.37. The molecule has 2 nitrogen and oxygen atoms in total. The molecule has 1 unspecified atom stereocenters. The normalized spacial score (nSPS) is 32.3. The van der Waals surface area contributed by atoms with E-state index in [-0.39, 0.29) is 0 Å². The van der Waals surface area contributed by atoms with Crippen molar-refractivity contribution < 1.29 is 5.21 Å². The molecule has 2 heteroatoms. The maximum Gasteiger partial charge on any atom is 0.0576 e. The molecule has 1 saturated carbocycles. The average molecular weight is 127 g/mol. The predicted molar refractivity (Wildman–Crippen MR) is 36.8 cm³/mol. The lowest BCUT2D eigenvalue weighted by Crippen LogP contribution is -2.00. The summed E-state index contributed by atoms with van der Waals surface area (Å²) in [6.07, 6.45) is 1.17. The smallest absolute Gasteiger partial charge is 0.0576 e. The summed E-state index contributed by atoms with van der Waals surface area (Å²) in [6, 6.07) is 0. The number of hydrogen-bond donors (Lipinski definition) is 1. The highest BCUT2D eigenvalue weighted by atomic mass is 16.4. The monoisotopic (exact) mass is 127 g/mol. The summed E-state index contributed by atoms with van der Waals surface area (Å²) in [7, 11) is 0. The summed E-state index contributed by atoms with van der Waals surface area (Å²) >= 11 is 0. The lowest BCUT2D eigenvalue weighted by atomic mass is 10.1. The minimum Gasteiger partial charge on any atom is -0.411 e. The quantitative estimate of drug-likeness (QED) is 0.325. The third-order valence-electron chi connectivity index (χ3n) is 2.18. The summed E-state index contributed by atoms with van der Waals surface area (Å²) in [5.41, 5.74) is 1.27. The molecule has 0 aromatic rings. The van der Waals surface area contributed by atoms with Crippen LogP contribution in [0.2, 0.25) is 0 Å². The first-order chi connectivity index (χ1) is 4.08. The molecule has 1 aliphatic carbocycles. The van der Waals surface area contributed by atoms with E-state index in [1.165, 1.54) is 6.42 Å². The fourth-order valence-corrected chi connectivity index (χ4v) is 1.25. The third kappa shape index (κ3) is 1.07. The Labute approximate surface area is 55.6 Å². The molecule has 0 aromatic heterocycles. The van der Waals surface area contributed by atoms with Crippen LogP contribution in [0.25, 0.3) is 0 Å². The van der Waals surface area contributed by atoms with Crippen LogP contribution in [0.1, 0.15) is 27.2 Å². The molecule has 0 spiro atoms. The van der Waals surface area contributed by atoms with Gasteiger partial charge in [-0.1, -0.05) is 19.0 Å². The highest BCUT2D eigenvalue weighted by Gasteiger charge is 2.47. The average Bonchev–Trinajstić information content (AvgIpc) is 2.38. The Kier molecular flexibility index (Phi) is 1.26. The van der Waals surface area contributed by atoms with Gasteiger partial charge in [0.15, 0.2) is 0 Å². The molecule has 0 aromatic carbocycles. The van der Waals surface area contributed by atoms with Gasteiger partial charge in [-0.3, -0.25) is 0 Å². The fourth-order valence-electron chi connectivity index (χ4n) is 1.25. The van der Waals surface area contributed by atoms with Crippen LogP contribution in [0.4, 0.5) is 0 Å². The Hall–Kier alpha value is -0.530. The highest BCUT2D eigenvalue weighted by molar-refractivity contribution is 5.87. The van der Waals surface area contributed by atoms with Gasteiger partial charge in [-0.2, -0.15) is 0 Å². The first-order valence-electron chi connectivity index (χ1n) is 3.26. The van der Waals surface area contributed by atoms with Gasteiger partial charge in [0.1, 0.15) is 0 Å². The maximum atomic E-state index is 8.37. The van der Waals surface area contributed by atoms with Crippen LogP contribution in [0.15, 0.2) is 5.16 Å². The van der Waals surface area contributed by atoms with Gasteiger partial charge in [0, 0.05) is 5.92 Å². The van der Waals surface area contributed by atoms with Crippen LogP contribution in [0.5, 0.6) is 0 Å². The molecule has 0 bridgehead atoms. The van der Waals surface area contributed by atoms with Crippen LogP contribution in [0.3, 0.4) is 0 Å². The molecule has 1 fully saturated rings. The molecular weight excluding hydrogens is 114 g/mol. The van der Waals surface area contributed by atoms with E-state index in [1.807, 2.05) is 6.92 Å². The van der Waals surface area contributed by atoms with Crippen LogP contribution in [-0.4, -0.2) is 10.9 Å². The van der Waals surface area contributed by atoms with Gasteiger partial charge < -0.3 is 5.21 Å². The third-order valence-corrected chi connectivity index (χ3v) is 2.18.